The van der Waals surface area contributed by atoms with Gasteiger partial charge in [0, 0.05) is 31.7 Å². The van der Waals surface area contributed by atoms with Crippen LogP contribution in [0.3, 0.4) is 0 Å². The number of amides is 1. The zero-order chi connectivity index (χ0) is 11.0. The van der Waals surface area contributed by atoms with E-state index < -0.39 is 0 Å². The molecule has 0 radical (unpaired) electrons. The molecule has 0 aromatic rings. The Balaban J connectivity index is 1.46. The van der Waals surface area contributed by atoms with Gasteiger partial charge in [0.1, 0.15) is 0 Å². The quantitative estimate of drug-likeness (QED) is 0.734. The summed E-state index contributed by atoms with van der Waals surface area (Å²) in [4.78, 5) is 16.6. The molecule has 3 rings (SSSR count). The Kier molecular flexibility index (Phi) is 2.86. The Hall–Kier alpha value is -0.610. The van der Waals surface area contributed by atoms with Gasteiger partial charge in [-0.25, -0.2) is 0 Å². The first-order valence-corrected chi connectivity index (χ1v) is 6.57. The number of nitrogens with one attached hydrogen (secondary N) is 1. The van der Waals surface area contributed by atoms with Crippen molar-refractivity contribution in [3.63, 3.8) is 0 Å². The van der Waals surface area contributed by atoms with Gasteiger partial charge in [0.2, 0.25) is 5.91 Å². The first kappa shape index (κ1) is 10.5. The van der Waals surface area contributed by atoms with Gasteiger partial charge < -0.3 is 5.32 Å². The molecular formula is C12H21N3O. The standard InChI is InChI=1S/C12H21N3O/c16-12(13-10-3-4-10)9-14-6-7-15-5-1-2-11(15)8-14/h10-11H,1-9H2,(H,13,16). The third-order valence-corrected chi connectivity index (χ3v) is 3.98. The van der Waals surface area contributed by atoms with E-state index in [4.69, 9.17) is 0 Å². The van der Waals surface area contributed by atoms with E-state index in [2.05, 4.69) is 15.1 Å². The molecule has 2 aliphatic heterocycles. The smallest absolute Gasteiger partial charge is 0.234 e. The SMILES string of the molecule is O=C(CN1CCN2CCCC2C1)NC1CC1. The minimum absolute atomic E-state index is 0.231. The van der Waals surface area contributed by atoms with Gasteiger partial charge in [-0.2, -0.15) is 0 Å². The van der Waals surface area contributed by atoms with Crippen LogP contribution in [-0.4, -0.2) is 60.5 Å². The molecule has 2 saturated heterocycles. The molecule has 3 fully saturated rings. The number of rotatable bonds is 3. The fraction of sp³-hybridized carbons (Fsp3) is 0.917. The lowest BCUT2D eigenvalue weighted by Gasteiger charge is -2.37. The van der Waals surface area contributed by atoms with Gasteiger partial charge in [0.25, 0.3) is 0 Å². The highest BCUT2D eigenvalue weighted by Gasteiger charge is 2.31. The molecule has 16 heavy (non-hydrogen) atoms. The van der Waals surface area contributed by atoms with Gasteiger partial charge in [0.15, 0.2) is 0 Å². The summed E-state index contributed by atoms with van der Waals surface area (Å²) in [5.41, 5.74) is 0. The Labute approximate surface area is 97.0 Å². The van der Waals surface area contributed by atoms with Crippen LogP contribution in [0.15, 0.2) is 0 Å². The molecule has 1 amide bonds. The number of carbonyl (C=O) groups is 1. The monoisotopic (exact) mass is 223 g/mol. The second-order valence-corrected chi connectivity index (χ2v) is 5.41. The van der Waals surface area contributed by atoms with Crippen molar-refractivity contribution >= 4 is 5.91 Å². The second kappa shape index (κ2) is 4.34. The van der Waals surface area contributed by atoms with Crippen molar-refractivity contribution in [1.82, 2.24) is 15.1 Å². The maximum absolute atomic E-state index is 11.7. The number of hydrogen-bond acceptors (Lipinski definition) is 3. The van der Waals surface area contributed by atoms with Crippen LogP contribution in [0.2, 0.25) is 0 Å². The van der Waals surface area contributed by atoms with Gasteiger partial charge in [0.05, 0.1) is 6.54 Å². The number of nitrogens with zero attached hydrogens (tertiary/aromatic N) is 2. The van der Waals surface area contributed by atoms with Gasteiger partial charge in [-0.3, -0.25) is 14.6 Å². The Morgan fingerprint density at radius 1 is 1.19 bits per heavy atom. The summed E-state index contributed by atoms with van der Waals surface area (Å²) < 4.78 is 0. The zero-order valence-corrected chi connectivity index (χ0v) is 9.82. The number of fused-ring (bicyclic) bond motifs is 1. The number of carbonyl (C=O) groups excluding carboxylic acids is 1. The average molecular weight is 223 g/mol. The van der Waals surface area contributed by atoms with Crippen molar-refractivity contribution in [2.75, 3.05) is 32.7 Å². The molecule has 90 valence electrons. The van der Waals surface area contributed by atoms with Crippen LogP contribution in [-0.2, 0) is 4.79 Å². The lowest BCUT2D eigenvalue weighted by atomic mass is 10.1. The Bertz CT molecular complexity index is 277. The molecule has 1 N–H and O–H groups in total. The third kappa shape index (κ3) is 2.38. The van der Waals surface area contributed by atoms with E-state index in [1.54, 1.807) is 0 Å². The lowest BCUT2D eigenvalue weighted by Crippen LogP contribution is -2.52. The molecule has 1 aliphatic carbocycles. The van der Waals surface area contributed by atoms with Crippen LogP contribution in [0, 0.1) is 0 Å². The predicted octanol–water partition coefficient (Wildman–Crippen LogP) is 0.0450. The molecule has 4 heteroatoms. The second-order valence-electron chi connectivity index (χ2n) is 5.41. The summed E-state index contributed by atoms with van der Waals surface area (Å²) in [7, 11) is 0. The summed E-state index contributed by atoms with van der Waals surface area (Å²) in [6.07, 6.45) is 5.03. The summed E-state index contributed by atoms with van der Waals surface area (Å²) in [5, 5.41) is 3.07. The van der Waals surface area contributed by atoms with E-state index >= 15 is 0 Å². The van der Waals surface area contributed by atoms with Crippen molar-refractivity contribution in [3.05, 3.63) is 0 Å². The molecule has 0 aromatic carbocycles. The number of hydrogen-bond donors (Lipinski definition) is 1. The molecular weight excluding hydrogens is 202 g/mol. The minimum Gasteiger partial charge on any atom is -0.352 e. The van der Waals surface area contributed by atoms with E-state index in [0.717, 1.165) is 25.7 Å². The molecule has 4 nitrogen and oxygen atoms in total. The molecule has 0 aromatic heterocycles. The van der Waals surface area contributed by atoms with E-state index in [-0.39, 0.29) is 5.91 Å². The molecule has 2 heterocycles. The Morgan fingerprint density at radius 3 is 2.88 bits per heavy atom. The van der Waals surface area contributed by atoms with Gasteiger partial charge >= 0.3 is 0 Å². The summed E-state index contributed by atoms with van der Waals surface area (Å²) in [5.74, 6) is 0.231. The zero-order valence-electron chi connectivity index (χ0n) is 9.82. The first-order valence-electron chi connectivity index (χ1n) is 6.57. The highest BCUT2D eigenvalue weighted by Crippen LogP contribution is 2.21. The minimum atomic E-state index is 0.231. The van der Waals surface area contributed by atoms with E-state index in [1.807, 2.05) is 0 Å². The fourth-order valence-electron chi connectivity index (χ4n) is 2.90. The molecule has 1 saturated carbocycles. The molecule has 1 atom stereocenters. The number of piperazine rings is 1. The van der Waals surface area contributed by atoms with Crippen molar-refractivity contribution in [2.45, 2.75) is 37.8 Å². The van der Waals surface area contributed by atoms with Crippen molar-refractivity contribution in [2.24, 2.45) is 0 Å². The lowest BCUT2D eigenvalue weighted by molar-refractivity contribution is -0.123. The van der Waals surface area contributed by atoms with Gasteiger partial charge in [-0.15, -0.1) is 0 Å². The average Bonchev–Trinajstić information content (AvgIpc) is 2.95. The summed E-state index contributed by atoms with van der Waals surface area (Å²) in [6, 6.07) is 1.22. The maximum Gasteiger partial charge on any atom is 0.234 e. The normalized spacial score (nSPS) is 31.4. The van der Waals surface area contributed by atoms with Gasteiger partial charge in [-0.05, 0) is 32.2 Å². The van der Waals surface area contributed by atoms with Crippen molar-refractivity contribution in [3.8, 4) is 0 Å². The summed E-state index contributed by atoms with van der Waals surface area (Å²) >= 11 is 0. The van der Waals surface area contributed by atoms with Crippen LogP contribution >= 0.6 is 0 Å². The van der Waals surface area contributed by atoms with Crippen molar-refractivity contribution in [1.29, 1.82) is 0 Å². The molecule has 3 aliphatic rings. The van der Waals surface area contributed by atoms with E-state index in [1.165, 1.54) is 32.2 Å². The van der Waals surface area contributed by atoms with Crippen LogP contribution in [0.5, 0.6) is 0 Å². The highest BCUT2D eigenvalue weighted by atomic mass is 16.2. The predicted molar refractivity (Wildman–Crippen MR) is 62.2 cm³/mol. The Morgan fingerprint density at radius 2 is 2.06 bits per heavy atom. The van der Waals surface area contributed by atoms with E-state index in [9.17, 15) is 4.79 Å². The van der Waals surface area contributed by atoms with Crippen LogP contribution in [0.1, 0.15) is 25.7 Å². The van der Waals surface area contributed by atoms with Crippen LogP contribution < -0.4 is 5.32 Å². The maximum atomic E-state index is 11.7. The topological polar surface area (TPSA) is 35.6 Å². The van der Waals surface area contributed by atoms with Crippen molar-refractivity contribution < 1.29 is 4.79 Å². The third-order valence-electron chi connectivity index (χ3n) is 3.98. The van der Waals surface area contributed by atoms with Crippen LogP contribution in [0.25, 0.3) is 0 Å². The van der Waals surface area contributed by atoms with Crippen LogP contribution in [0.4, 0.5) is 0 Å². The summed E-state index contributed by atoms with van der Waals surface area (Å²) in [6.45, 7) is 5.20. The largest absolute Gasteiger partial charge is 0.352 e. The molecule has 0 spiro atoms. The molecule has 1 unspecified atom stereocenters. The van der Waals surface area contributed by atoms with E-state index in [0.29, 0.717) is 12.6 Å². The van der Waals surface area contributed by atoms with Gasteiger partial charge in [-0.1, -0.05) is 0 Å². The first-order chi connectivity index (χ1) is 7.81. The molecule has 0 bridgehead atoms. The highest BCUT2D eigenvalue weighted by molar-refractivity contribution is 5.78. The fourth-order valence-corrected chi connectivity index (χ4v) is 2.90.